The van der Waals surface area contributed by atoms with Crippen molar-refractivity contribution in [2.75, 3.05) is 32.8 Å². The van der Waals surface area contributed by atoms with Crippen molar-refractivity contribution >= 4 is 11.8 Å². The maximum absolute atomic E-state index is 12.4. The second-order valence-electron chi connectivity index (χ2n) is 7.54. The Hall–Kier alpha value is -3.02. The van der Waals surface area contributed by atoms with Gasteiger partial charge in [0.15, 0.2) is 6.61 Å². The minimum absolute atomic E-state index is 0.0152. The Morgan fingerprint density at radius 2 is 1.31 bits per heavy atom. The van der Waals surface area contributed by atoms with Crippen LogP contribution in [0.5, 0.6) is 17.2 Å². The molecule has 2 aromatic rings. The molecule has 0 atom stereocenters. The molecule has 0 spiro atoms. The maximum Gasteiger partial charge on any atom is 0.260 e. The number of nitrogens with zero attached hydrogens (tertiary/aromatic N) is 2. The van der Waals surface area contributed by atoms with Crippen LogP contribution in [0, 0.1) is 12.8 Å². The molecule has 6 nitrogen and oxygen atoms in total. The fraction of sp³-hybridized carbons (Fsp3) is 0.391. The summed E-state index contributed by atoms with van der Waals surface area (Å²) in [4.78, 5) is 28.0. The normalized spacial score (nSPS) is 14.1. The zero-order chi connectivity index (χ0) is 20.8. The van der Waals surface area contributed by atoms with Crippen molar-refractivity contribution in [1.29, 1.82) is 0 Å². The lowest BCUT2D eigenvalue weighted by molar-refractivity contribution is -0.142. The van der Waals surface area contributed by atoms with E-state index in [9.17, 15) is 9.59 Å². The van der Waals surface area contributed by atoms with E-state index < -0.39 is 0 Å². The molecular weight excluding hydrogens is 368 g/mol. The lowest BCUT2D eigenvalue weighted by atomic mass is 10.1. The Morgan fingerprint density at radius 1 is 0.828 bits per heavy atom. The van der Waals surface area contributed by atoms with Crippen LogP contribution in [-0.2, 0) is 9.59 Å². The number of ether oxygens (including phenoxy) is 2. The van der Waals surface area contributed by atoms with Crippen LogP contribution in [0.1, 0.15) is 19.4 Å². The third kappa shape index (κ3) is 5.73. The highest BCUT2D eigenvalue weighted by Crippen LogP contribution is 2.24. The van der Waals surface area contributed by atoms with E-state index in [-0.39, 0.29) is 24.3 Å². The summed E-state index contributed by atoms with van der Waals surface area (Å²) in [5, 5.41) is 0. The molecule has 6 heteroatoms. The highest BCUT2D eigenvalue weighted by atomic mass is 16.5. The van der Waals surface area contributed by atoms with Crippen LogP contribution in [0.15, 0.2) is 48.5 Å². The minimum atomic E-state index is -0.0679. The monoisotopic (exact) mass is 396 g/mol. The van der Waals surface area contributed by atoms with Gasteiger partial charge in [-0.15, -0.1) is 0 Å². The van der Waals surface area contributed by atoms with Gasteiger partial charge in [0.2, 0.25) is 5.91 Å². The summed E-state index contributed by atoms with van der Waals surface area (Å²) < 4.78 is 11.4. The molecule has 1 heterocycles. The van der Waals surface area contributed by atoms with Crippen LogP contribution in [0.2, 0.25) is 0 Å². The van der Waals surface area contributed by atoms with E-state index in [0.29, 0.717) is 37.7 Å². The number of hydrogen-bond donors (Lipinski definition) is 0. The van der Waals surface area contributed by atoms with Crippen molar-refractivity contribution in [1.82, 2.24) is 9.80 Å². The van der Waals surface area contributed by atoms with Gasteiger partial charge in [0.25, 0.3) is 5.91 Å². The molecule has 2 amide bonds. The summed E-state index contributed by atoms with van der Waals surface area (Å²) in [6.07, 6.45) is 0. The third-order valence-electron chi connectivity index (χ3n) is 4.88. The van der Waals surface area contributed by atoms with Crippen molar-refractivity contribution in [2.45, 2.75) is 20.8 Å². The molecule has 1 fully saturated rings. The standard InChI is InChI=1S/C23H28N2O4/c1-17(2)23(27)25-14-12-24(13-15-25)22(26)16-28-19-8-10-21(11-9-19)29-20-6-4-18(3)5-7-20/h4-11,17H,12-16H2,1-3H3. The zero-order valence-corrected chi connectivity index (χ0v) is 17.3. The highest BCUT2D eigenvalue weighted by molar-refractivity contribution is 5.80. The number of benzene rings is 2. The van der Waals surface area contributed by atoms with Gasteiger partial charge in [-0.05, 0) is 43.3 Å². The smallest absolute Gasteiger partial charge is 0.260 e. The van der Waals surface area contributed by atoms with Gasteiger partial charge in [-0.3, -0.25) is 9.59 Å². The first-order valence-corrected chi connectivity index (χ1v) is 9.96. The SMILES string of the molecule is Cc1ccc(Oc2ccc(OCC(=O)N3CCN(C(=O)C(C)C)CC3)cc2)cc1. The highest BCUT2D eigenvalue weighted by Gasteiger charge is 2.25. The van der Waals surface area contributed by atoms with Crippen LogP contribution in [0.25, 0.3) is 0 Å². The van der Waals surface area contributed by atoms with Gasteiger partial charge in [0, 0.05) is 32.1 Å². The van der Waals surface area contributed by atoms with Crippen molar-refractivity contribution < 1.29 is 19.1 Å². The molecule has 2 aromatic carbocycles. The molecule has 0 radical (unpaired) electrons. The molecule has 0 aliphatic carbocycles. The fourth-order valence-electron chi connectivity index (χ4n) is 3.12. The topological polar surface area (TPSA) is 59.1 Å². The lowest BCUT2D eigenvalue weighted by Gasteiger charge is -2.35. The van der Waals surface area contributed by atoms with Gasteiger partial charge in [0.05, 0.1) is 0 Å². The Labute approximate surface area is 172 Å². The number of hydrogen-bond acceptors (Lipinski definition) is 4. The fourth-order valence-corrected chi connectivity index (χ4v) is 3.12. The number of carbonyl (C=O) groups excluding carboxylic acids is 2. The number of piperazine rings is 1. The van der Waals surface area contributed by atoms with Crippen molar-refractivity contribution in [3.8, 4) is 17.2 Å². The number of carbonyl (C=O) groups is 2. The third-order valence-corrected chi connectivity index (χ3v) is 4.88. The van der Waals surface area contributed by atoms with Crippen LogP contribution in [0.3, 0.4) is 0 Å². The first-order chi connectivity index (χ1) is 13.9. The number of amides is 2. The molecule has 1 aliphatic heterocycles. The van der Waals surface area contributed by atoms with Crippen molar-refractivity contribution in [3.63, 3.8) is 0 Å². The molecule has 1 aliphatic rings. The van der Waals surface area contributed by atoms with Crippen LogP contribution in [0.4, 0.5) is 0 Å². The molecular formula is C23H28N2O4. The Kier molecular flexibility index (Phi) is 6.75. The predicted octanol–water partition coefficient (Wildman–Crippen LogP) is 3.49. The largest absolute Gasteiger partial charge is 0.484 e. The number of aryl methyl sites for hydroxylation is 1. The molecule has 0 unspecified atom stereocenters. The Bertz CT molecular complexity index is 823. The minimum Gasteiger partial charge on any atom is -0.484 e. The van der Waals surface area contributed by atoms with Crippen LogP contribution in [-0.4, -0.2) is 54.4 Å². The number of rotatable bonds is 6. The second-order valence-corrected chi connectivity index (χ2v) is 7.54. The van der Waals surface area contributed by atoms with E-state index in [1.807, 2.05) is 62.1 Å². The van der Waals surface area contributed by atoms with Gasteiger partial charge in [-0.1, -0.05) is 31.5 Å². The molecule has 0 N–H and O–H groups in total. The summed E-state index contributed by atoms with van der Waals surface area (Å²) in [6, 6.07) is 15.0. The quantitative estimate of drug-likeness (QED) is 0.750. The van der Waals surface area contributed by atoms with E-state index in [4.69, 9.17) is 9.47 Å². The Balaban J connectivity index is 1.44. The molecule has 29 heavy (non-hydrogen) atoms. The van der Waals surface area contributed by atoms with Crippen LogP contribution >= 0.6 is 0 Å². The first-order valence-electron chi connectivity index (χ1n) is 9.96. The van der Waals surface area contributed by atoms with Crippen molar-refractivity contribution in [2.24, 2.45) is 5.92 Å². The van der Waals surface area contributed by atoms with E-state index in [2.05, 4.69) is 0 Å². The predicted molar refractivity (Wildman–Crippen MR) is 111 cm³/mol. The molecule has 3 rings (SSSR count). The average molecular weight is 396 g/mol. The average Bonchev–Trinajstić information content (AvgIpc) is 2.74. The molecule has 1 saturated heterocycles. The van der Waals surface area contributed by atoms with E-state index >= 15 is 0 Å². The summed E-state index contributed by atoms with van der Waals surface area (Å²) >= 11 is 0. The van der Waals surface area contributed by atoms with Gasteiger partial charge >= 0.3 is 0 Å². The van der Waals surface area contributed by atoms with Gasteiger partial charge in [-0.25, -0.2) is 0 Å². The summed E-state index contributed by atoms with van der Waals surface area (Å²) in [7, 11) is 0. The molecule has 0 saturated carbocycles. The van der Waals surface area contributed by atoms with Crippen LogP contribution < -0.4 is 9.47 Å². The van der Waals surface area contributed by atoms with E-state index in [1.54, 1.807) is 17.0 Å². The van der Waals surface area contributed by atoms with E-state index in [0.717, 1.165) is 5.75 Å². The molecule has 0 bridgehead atoms. The van der Waals surface area contributed by atoms with Gasteiger partial charge < -0.3 is 19.3 Å². The first kappa shape index (κ1) is 20.7. The van der Waals surface area contributed by atoms with E-state index in [1.165, 1.54) is 5.56 Å². The summed E-state index contributed by atoms with van der Waals surface area (Å²) in [5.41, 5.74) is 1.18. The summed E-state index contributed by atoms with van der Waals surface area (Å²) in [6.45, 7) is 8.05. The van der Waals surface area contributed by atoms with Gasteiger partial charge in [0.1, 0.15) is 17.2 Å². The van der Waals surface area contributed by atoms with Gasteiger partial charge in [-0.2, -0.15) is 0 Å². The lowest BCUT2D eigenvalue weighted by Crippen LogP contribution is -2.52. The second kappa shape index (κ2) is 9.45. The molecule has 0 aromatic heterocycles. The summed E-state index contributed by atoms with van der Waals surface area (Å²) in [5.74, 6) is 2.15. The van der Waals surface area contributed by atoms with Crippen molar-refractivity contribution in [3.05, 3.63) is 54.1 Å². The zero-order valence-electron chi connectivity index (χ0n) is 17.3. The molecule has 154 valence electrons. The maximum atomic E-state index is 12.4. The Morgan fingerprint density at radius 3 is 1.86 bits per heavy atom.